The van der Waals surface area contributed by atoms with Crippen molar-refractivity contribution in [1.29, 1.82) is 0 Å². The lowest BCUT2D eigenvalue weighted by atomic mass is 9.55. The zero-order valence-electron chi connectivity index (χ0n) is 37.3. The first-order valence-corrected chi connectivity index (χ1v) is 22.9. The Morgan fingerprint density at radius 2 is 1.16 bits per heavy atom. The van der Waals surface area contributed by atoms with Gasteiger partial charge in [0.25, 0.3) is 0 Å². The van der Waals surface area contributed by atoms with E-state index in [0.29, 0.717) is 0 Å². The molecule has 8 aromatic carbocycles. The van der Waals surface area contributed by atoms with Crippen molar-refractivity contribution in [2.24, 2.45) is 0 Å². The molecule has 3 aliphatic rings. The second kappa shape index (κ2) is 13.0. The first-order chi connectivity index (χ1) is 31.0. The van der Waals surface area contributed by atoms with E-state index in [1.165, 1.54) is 56.7 Å². The van der Waals surface area contributed by atoms with Crippen molar-refractivity contribution in [3.8, 4) is 22.3 Å². The number of hydrogen-bond acceptors (Lipinski definition) is 4. The van der Waals surface area contributed by atoms with Gasteiger partial charge in [-0.2, -0.15) is 0 Å². The van der Waals surface area contributed by atoms with Crippen molar-refractivity contribution in [2.75, 3.05) is 10.2 Å². The van der Waals surface area contributed by atoms with Gasteiger partial charge in [0.05, 0.1) is 11.4 Å². The van der Waals surface area contributed by atoms with E-state index in [2.05, 4.69) is 197 Å². The molecule has 310 valence electrons. The molecule has 0 unspecified atom stereocenters. The van der Waals surface area contributed by atoms with E-state index in [9.17, 15) is 0 Å². The van der Waals surface area contributed by atoms with Crippen LogP contribution in [0.2, 0.25) is 0 Å². The molecule has 4 nitrogen and oxygen atoms in total. The highest BCUT2D eigenvalue weighted by molar-refractivity contribution is 6.74. The van der Waals surface area contributed by atoms with Gasteiger partial charge in [-0.1, -0.05) is 156 Å². The molecular weight excluding hydrogens is 779 g/mol. The van der Waals surface area contributed by atoms with Gasteiger partial charge in [-0.3, -0.25) is 0 Å². The summed E-state index contributed by atoms with van der Waals surface area (Å²) in [5, 5.41) is 8.39. The highest BCUT2D eigenvalue weighted by Crippen LogP contribution is 2.57. The summed E-state index contributed by atoms with van der Waals surface area (Å²) >= 11 is 0. The van der Waals surface area contributed by atoms with Gasteiger partial charge in [0.1, 0.15) is 16.7 Å². The van der Waals surface area contributed by atoms with E-state index in [0.717, 1.165) is 91.2 Å². The van der Waals surface area contributed by atoms with Crippen LogP contribution in [-0.4, -0.2) is 7.28 Å². The second-order valence-corrected chi connectivity index (χ2v) is 20.4. The van der Waals surface area contributed by atoms with Crippen molar-refractivity contribution in [3.05, 3.63) is 174 Å². The fourth-order valence-electron chi connectivity index (χ4n) is 11.7. The predicted molar refractivity (Wildman–Crippen MR) is 270 cm³/mol. The van der Waals surface area contributed by atoms with Gasteiger partial charge in [0.15, 0.2) is 12.9 Å². The number of nitrogens with zero attached hydrogens (tertiary/aromatic N) is 1. The summed E-state index contributed by atoms with van der Waals surface area (Å²) < 4.78 is 13.7. The molecule has 0 saturated carbocycles. The minimum atomic E-state index is -0.199. The van der Waals surface area contributed by atoms with Crippen LogP contribution in [0, 0.1) is 0 Å². The molecule has 0 fully saturated rings. The number of nitrogens with one attached hydrogen (secondary N) is 1. The summed E-state index contributed by atoms with van der Waals surface area (Å²) in [7, 11) is 0.764. The van der Waals surface area contributed by atoms with E-state index < -0.39 is 0 Å². The highest BCUT2D eigenvalue weighted by atomic mass is 16.3. The maximum atomic E-state index is 7.12. The molecular formula is C59H49BN2O2. The fourth-order valence-corrected chi connectivity index (χ4v) is 11.7. The second-order valence-electron chi connectivity index (χ2n) is 20.4. The Morgan fingerprint density at radius 1 is 0.500 bits per heavy atom. The standard InChI is InChI=1S/C59H49BN2O2/c1-57(2)28-29-58(3,4)43-33-48-44(32-42(43)57)59(5,6)41-21-15-22-45-54(41)62(48)49-31-39-37-19-11-13-25-51(37)64-56(39)52(53(49)60-45)40-30-35(34-16-8-7-9-17-34)26-27-46(40)61-47-23-14-20-38-36-18-10-12-24-50(36)63-55(38)47/h7-27,30-33,60-61H,28-29H2,1-6H3. The molecule has 2 aromatic heterocycles. The first kappa shape index (κ1) is 37.6. The van der Waals surface area contributed by atoms with Gasteiger partial charge in [0.2, 0.25) is 0 Å². The molecule has 1 N–H and O–H groups in total. The van der Waals surface area contributed by atoms with Gasteiger partial charge < -0.3 is 19.1 Å². The van der Waals surface area contributed by atoms with Crippen LogP contribution >= 0.6 is 0 Å². The Hall–Kier alpha value is -6.98. The van der Waals surface area contributed by atoms with Gasteiger partial charge in [-0.15, -0.1) is 0 Å². The Labute approximate surface area is 374 Å². The summed E-state index contributed by atoms with van der Waals surface area (Å²) in [6.45, 7) is 14.7. The third kappa shape index (κ3) is 5.24. The van der Waals surface area contributed by atoms with Crippen molar-refractivity contribution in [1.82, 2.24) is 0 Å². The molecule has 0 saturated heterocycles. The van der Waals surface area contributed by atoms with Crippen LogP contribution in [0.1, 0.15) is 76.6 Å². The molecule has 64 heavy (non-hydrogen) atoms. The van der Waals surface area contributed by atoms with Crippen LogP contribution in [0.3, 0.4) is 0 Å². The lowest BCUT2D eigenvalue weighted by Gasteiger charge is -2.49. The van der Waals surface area contributed by atoms with Gasteiger partial charge >= 0.3 is 0 Å². The number of benzene rings is 8. The van der Waals surface area contributed by atoms with E-state index in [-0.39, 0.29) is 16.2 Å². The normalized spacial score (nSPS) is 16.3. The number of fused-ring (bicyclic) bond motifs is 11. The average Bonchev–Trinajstić information content (AvgIpc) is 3.88. The molecule has 4 heterocycles. The smallest absolute Gasteiger partial charge is 0.198 e. The van der Waals surface area contributed by atoms with Crippen LogP contribution in [0.4, 0.5) is 28.4 Å². The third-order valence-corrected chi connectivity index (χ3v) is 15.3. The van der Waals surface area contributed by atoms with Crippen LogP contribution in [0.5, 0.6) is 0 Å². The maximum absolute atomic E-state index is 7.12. The fraction of sp³-hybridized carbons (Fsp3) is 0.186. The zero-order chi connectivity index (χ0) is 43.3. The molecule has 2 aliphatic heterocycles. The lowest BCUT2D eigenvalue weighted by molar-refractivity contribution is 0.331. The predicted octanol–water partition coefficient (Wildman–Crippen LogP) is 14.7. The molecule has 13 rings (SSSR count). The first-order valence-electron chi connectivity index (χ1n) is 22.9. The monoisotopic (exact) mass is 828 g/mol. The van der Waals surface area contributed by atoms with Crippen molar-refractivity contribution < 1.29 is 8.83 Å². The minimum absolute atomic E-state index is 0.0550. The van der Waals surface area contributed by atoms with Crippen LogP contribution in [0.15, 0.2) is 160 Å². The maximum Gasteiger partial charge on any atom is 0.198 e. The van der Waals surface area contributed by atoms with E-state index in [1.54, 1.807) is 0 Å². The minimum Gasteiger partial charge on any atom is -0.455 e. The Bertz CT molecular complexity index is 3610. The summed E-state index contributed by atoms with van der Waals surface area (Å²) in [5.74, 6) is 0. The lowest BCUT2D eigenvalue weighted by Crippen LogP contribution is -2.46. The zero-order valence-corrected chi connectivity index (χ0v) is 37.3. The van der Waals surface area contributed by atoms with Crippen molar-refractivity contribution in [3.63, 3.8) is 0 Å². The number of anilines is 5. The van der Waals surface area contributed by atoms with Gasteiger partial charge in [-0.25, -0.2) is 0 Å². The number of furan rings is 2. The van der Waals surface area contributed by atoms with Crippen LogP contribution in [-0.2, 0) is 16.2 Å². The molecule has 0 radical (unpaired) electrons. The Morgan fingerprint density at radius 3 is 1.92 bits per heavy atom. The van der Waals surface area contributed by atoms with Crippen molar-refractivity contribution >= 4 is 90.5 Å². The summed E-state index contributed by atoms with van der Waals surface area (Å²) in [4.78, 5) is 2.65. The molecule has 0 spiro atoms. The van der Waals surface area contributed by atoms with Gasteiger partial charge in [0, 0.05) is 55.1 Å². The Balaban J connectivity index is 1.13. The van der Waals surface area contributed by atoms with Crippen molar-refractivity contribution in [2.45, 2.75) is 70.6 Å². The topological polar surface area (TPSA) is 41.6 Å². The molecule has 1 aliphatic carbocycles. The summed E-state index contributed by atoms with van der Waals surface area (Å²) in [6, 6.07) is 55.5. The largest absolute Gasteiger partial charge is 0.455 e. The Kier molecular flexibility index (Phi) is 7.66. The molecule has 10 aromatic rings. The molecule has 0 atom stereocenters. The third-order valence-electron chi connectivity index (χ3n) is 15.3. The number of para-hydroxylation sites is 4. The number of hydrogen-bond donors (Lipinski definition) is 1. The average molecular weight is 829 g/mol. The summed E-state index contributed by atoms with van der Waals surface area (Å²) in [5.41, 5.74) is 22.0. The van der Waals surface area contributed by atoms with Crippen LogP contribution < -0.4 is 21.1 Å². The highest BCUT2D eigenvalue weighted by Gasteiger charge is 2.45. The van der Waals surface area contributed by atoms with E-state index >= 15 is 0 Å². The van der Waals surface area contributed by atoms with Crippen LogP contribution in [0.25, 0.3) is 66.1 Å². The van der Waals surface area contributed by atoms with E-state index in [4.69, 9.17) is 8.83 Å². The molecule has 0 bridgehead atoms. The SMILES string of the molecule is CC1(C)CCC(C)(C)c2cc3c(cc21)N1c2cc4c(oc5ccccc54)c(-c4cc(-c5ccccc5)ccc4Nc4cccc5c4oc4ccccc45)c2Bc2cccc(c21)C3(C)C. The molecule has 0 amide bonds. The summed E-state index contributed by atoms with van der Waals surface area (Å²) in [6.07, 6.45) is 2.34. The van der Waals surface area contributed by atoms with Gasteiger partial charge in [-0.05, 0) is 105 Å². The van der Waals surface area contributed by atoms with E-state index in [1.807, 2.05) is 6.07 Å². The quantitative estimate of drug-likeness (QED) is 0.179. The molecule has 5 heteroatoms. The number of rotatable bonds is 4.